The van der Waals surface area contributed by atoms with Gasteiger partial charge in [-0.2, -0.15) is 5.26 Å². The van der Waals surface area contributed by atoms with Gasteiger partial charge < -0.3 is 9.52 Å². The zero-order chi connectivity index (χ0) is 15.0. The molecule has 0 bridgehead atoms. The van der Waals surface area contributed by atoms with Crippen LogP contribution < -0.4 is 5.43 Å². The van der Waals surface area contributed by atoms with Gasteiger partial charge in [0.15, 0.2) is 11.0 Å². The summed E-state index contributed by atoms with van der Waals surface area (Å²) in [6.07, 6.45) is 0. The lowest BCUT2D eigenvalue weighted by Crippen LogP contribution is -2.01. The molecule has 5 heteroatoms. The molecule has 0 amide bonds. The topological polar surface area (TPSA) is 74.2 Å². The van der Waals surface area contributed by atoms with Crippen LogP contribution in [0, 0.1) is 11.3 Å². The molecule has 0 fully saturated rings. The zero-order valence-corrected chi connectivity index (χ0v) is 11.4. The Kier molecular flexibility index (Phi) is 3.13. The fraction of sp³-hybridized carbons (Fsp3) is 0. The van der Waals surface area contributed by atoms with E-state index in [4.69, 9.17) is 21.3 Å². The molecule has 1 N–H and O–H groups in total. The van der Waals surface area contributed by atoms with Crippen LogP contribution >= 0.6 is 11.6 Å². The molecule has 0 saturated carbocycles. The van der Waals surface area contributed by atoms with Gasteiger partial charge in [-0.05, 0) is 36.4 Å². The number of hydrogen-bond donors (Lipinski definition) is 1. The van der Waals surface area contributed by atoms with E-state index in [0.29, 0.717) is 16.9 Å². The second-order valence-corrected chi connectivity index (χ2v) is 4.88. The number of nitrogens with zero attached hydrogens (tertiary/aromatic N) is 1. The van der Waals surface area contributed by atoms with Crippen molar-refractivity contribution in [3.63, 3.8) is 0 Å². The molecule has 0 unspecified atom stereocenters. The maximum Gasteiger partial charge on any atom is 0.193 e. The fourth-order valence-electron chi connectivity index (χ4n) is 2.05. The molecule has 3 rings (SSSR count). The molecule has 0 atom stereocenters. The van der Waals surface area contributed by atoms with Crippen LogP contribution in [-0.2, 0) is 0 Å². The highest BCUT2D eigenvalue weighted by atomic mass is 35.5. The van der Waals surface area contributed by atoms with Gasteiger partial charge >= 0.3 is 0 Å². The number of phenolic OH excluding ortho intramolecular Hbond substituents is 1. The van der Waals surface area contributed by atoms with Gasteiger partial charge in [0.25, 0.3) is 0 Å². The normalized spacial score (nSPS) is 10.5. The first kappa shape index (κ1) is 13.2. The number of fused-ring (bicyclic) bond motifs is 1. The molecule has 1 heterocycles. The Morgan fingerprint density at radius 1 is 1.14 bits per heavy atom. The van der Waals surface area contributed by atoms with Gasteiger partial charge in [-0.1, -0.05) is 11.6 Å². The minimum absolute atomic E-state index is 0.124. The summed E-state index contributed by atoms with van der Waals surface area (Å²) in [4.78, 5) is 12.2. The summed E-state index contributed by atoms with van der Waals surface area (Å²) >= 11 is 6.07. The van der Waals surface area contributed by atoms with Crippen LogP contribution in [0.1, 0.15) is 5.56 Å². The molecule has 0 radical (unpaired) electrons. The molecule has 0 saturated heterocycles. The quantitative estimate of drug-likeness (QED) is 0.743. The molecule has 21 heavy (non-hydrogen) atoms. The first-order chi connectivity index (χ1) is 10.1. The van der Waals surface area contributed by atoms with Crippen molar-refractivity contribution in [3.05, 3.63) is 63.3 Å². The van der Waals surface area contributed by atoms with E-state index < -0.39 is 0 Å². The maximum absolute atomic E-state index is 12.2. The maximum atomic E-state index is 12.2. The Balaban J connectivity index is 2.29. The minimum Gasteiger partial charge on any atom is -0.508 e. The predicted molar refractivity (Wildman–Crippen MR) is 79.3 cm³/mol. The summed E-state index contributed by atoms with van der Waals surface area (Å²) in [5, 5.41) is 18.7. The number of benzene rings is 2. The minimum atomic E-state index is -0.279. The molecule has 3 aromatic rings. The van der Waals surface area contributed by atoms with E-state index in [1.807, 2.05) is 6.07 Å². The third kappa shape index (κ3) is 2.35. The number of phenols is 1. The average Bonchev–Trinajstić information content (AvgIpc) is 2.48. The Bertz CT molecular complexity index is 937. The number of aromatic hydroxyl groups is 1. The van der Waals surface area contributed by atoms with Crippen molar-refractivity contribution in [3.8, 4) is 23.1 Å². The lowest BCUT2D eigenvalue weighted by molar-refractivity contribution is 0.475. The van der Waals surface area contributed by atoms with Crippen molar-refractivity contribution in [2.24, 2.45) is 0 Å². The van der Waals surface area contributed by atoms with Crippen LogP contribution in [0.2, 0.25) is 5.02 Å². The summed E-state index contributed by atoms with van der Waals surface area (Å²) in [6.45, 7) is 0. The van der Waals surface area contributed by atoms with Gasteiger partial charge in [0.05, 0.1) is 22.0 Å². The molecule has 2 aromatic carbocycles. The summed E-state index contributed by atoms with van der Waals surface area (Å²) in [5.74, 6) is 0.470. The smallest absolute Gasteiger partial charge is 0.193 e. The van der Waals surface area contributed by atoms with Crippen LogP contribution in [-0.4, -0.2) is 5.11 Å². The van der Waals surface area contributed by atoms with Crippen molar-refractivity contribution in [2.75, 3.05) is 0 Å². The van der Waals surface area contributed by atoms with Crippen LogP contribution in [0.4, 0.5) is 0 Å². The fourth-order valence-corrected chi connectivity index (χ4v) is 2.31. The van der Waals surface area contributed by atoms with Gasteiger partial charge in [-0.3, -0.25) is 4.79 Å². The van der Waals surface area contributed by atoms with E-state index in [1.54, 1.807) is 12.1 Å². The molecule has 0 aliphatic rings. The summed E-state index contributed by atoms with van der Waals surface area (Å²) in [5.41, 5.74) is 0.911. The van der Waals surface area contributed by atoms with Crippen molar-refractivity contribution < 1.29 is 9.52 Å². The van der Waals surface area contributed by atoms with E-state index in [1.165, 1.54) is 30.3 Å². The van der Waals surface area contributed by atoms with Crippen molar-refractivity contribution in [1.29, 1.82) is 5.26 Å². The summed E-state index contributed by atoms with van der Waals surface area (Å²) in [7, 11) is 0. The predicted octanol–water partition coefficient (Wildman–Crippen LogP) is 3.69. The van der Waals surface area contributed by atoms with Gasteiger partial charge in [0, 0.05) is 11.6 Å². The van der Waals surface area contributed by atoms with Crippen molar-refractivity contribution in [1.82, 2.24) is 0 Å². The number of rotatable bonds is 1. The highest BCUT2D eigenvalue weighted by Crippen LogP contribution is 2.28. The number of halogens is 1. The Hall–Kier alpha value is -2.77. The third-order valence-electron chi connectivity index (χ3n) is 3.06. The Labute approximate surface area is 124 Å². The largest absolute Gasteiger partial charge is 0.508 e. The SMILES string of the molecule is N#Cc1cc(Cl)c2oc(-c3ccc(O)cc3)cc(=O)c2c1. The molecule has 102 valence electrons. The molecular weight excluding hydrogens is 290 g/mol. The van der Waals surface area contributed by atoms with Crippen LogP contribution in [0.25, 0.3) is 22.3 Å². The van der Waals surface area contributed by atoms with E-state index >= 15 is 0 Å². The van der Waals surface area contributed by atoms with E-state index in [2.05, 4.69) is 0 Å². The first-order valence-electron chi connectivity index (χ1n) is 6.05. The highest BCUT2D eigenvalue weighted by molar-refractivity contribution is 6.34. The van der Waals surface area contributed by atoms with E-state index in [-0.39, 0.29) is 27.2 Å². The van der Waals surface area contributed by atoms with Gasteiger partial charge in [-0.25, -0.2) is 0 Å². The lowest BCUT2D eigenvalue weighted by Gasteiger charge is -2.05. The molecule has 0 aliphatic heterocycles. The molecule has 1 aromatic heterocycles. The Morgan fingerprint density at radius 3 is 2.52 bits per heavy atom. The summed E-state index contributed by atoms with van der Waals surface area (Å²) in [6, 6.07) is 12.5. The highest BCUT2D eigenvalue weighted by Gasteiger charge is 2.11. The van der Waals surface area contributed by atoms with Gasteiger partial charge in [0.1, 0.15) is 11.5 Å². The second-order valence-electron chi connectivity index (χ2n) is 4.47. The molecule has 0 aliphatic carbocycles. The molecule has 4 nitrogen and oxygen atoms in total. The zero-order valence-electron chi connectivity index (χ0n) is 10.6. The first-order valence-corrected chi connectivity index (χ1v) is 6.43. The van der Waals surface area contributed by atoms with Crippen LogP contribution in [0.3, 0.4) is 0 Å². The van der Waals surface area contributed by atoms with Crippen LogP contribution in [0.5, 0.6) is 5.75 Å². The lowest BCUT2D eigenvalue weighted by atomic mass is 10.1. The third-order valence-corrected chi connectivity index (χ3v) is 3.34. The average molecular weight is 298 g/mol. The molecular formula is C16H8ClNO3. The van der Waals surface area contributed by atoms with Gasteiger partial charge in [0.2, 0.25) is 0 Å². The number of nitriles is 1. The van der Waals surface area contributed by atoms with Crippen molar-refractivity contribution >= 4 is 22.6 Å². The van der Waals surface area contributed by atoms with E-state index in [9.17, 15) is 9.90 Å². The summed E-state index contributed by atoms with van der Waals surface area (Å²) < 4.78 is 5.68. The van der Waals surface area contributed by atoms with Crippen molar-refractivity contribution in [2.45, 2.75) is 0 Å². The monoisotopic (exact) mass is 297 g/mol. The van der Waals surface area contributed by atoms with Gasteiger partial charge in [-0.15, -0.1) is 0 Å². The van der Waals surface area contributed by atoms with Crippen LogP contribution in [0.15, 0.2) is 51.7 Å². The number of hydrogen-bond acceptors (Lipinski definition) is 4. The molecule has 0 spiro atoms. The second kappa shape index (κ2) is 4.97. The van der Waals surface area contributed by atoms with E-state index in [0.717, 1.165) is 0 Å². The standard InChI is InChI=1S/C16H8ClNO3/c17-13-6-9(8-18)5-12-14(20)7-15(21-16(12)13)10-1-3-11(19)4-2-10/h1-7,19H. The Morgan fingerprint density at radius 2 is 1.86 bits per heavy atom.